The number of carbonyl (C=O) groups excluding carboxylic acids is 1. The van der Waals surface area contributed by atoms with E-state index in [4.69, 9.17) is 4.74 Å². The molecule has 0 bridgehead atoms. The van der Waals surface area contributed by atoms with Crippen molar-refractivity contribution in [2.24, 2.45) is 5.41 Å². The van der Waals surface area contributed by atoms with Crippen LogP contribution in [0.25, 0.3) is 0 Å². The number of alkyl halides is 2. The zero-order valence-corrected chi connectivity index (χ0v) is 16.1. The maximum absolute atomic E-state index is 14.6. The van der Waals surface area contributed by atoms with Crippen molar-refractivity contribution in [1.82, 2.24) is 9.21 Å². The molecule has 0 unspecified atom stereocenters. The molecule has 0 saturated carbocycles. The molecule has 0 radical (unpaired) electrons. The van der Waals surface area contributed by atoms with Crippen molar-refractivity contribution in [3.63, 3.8) is 0 Å². The molecule has 1 spiro atoms. The molecule has 2 aliphatic heterocycles. The second-order valence-corrected chi connectivity index (χ2v) is 9.23. The van der Waals surface area contributed by atoms with Gasteiger partial charge in [0.15, 0.2) is 0 Å². The van der Waals surface area contributed by atoms with Crippen LogP contribution in [0.3, 0.4) is 0 Å². The predicted octanol–water partition coefficient (Wildman–Crippen LogP) is 1.97. The smallest absolute Gasteiger partial charge is 0.262 e. The minimum Gasteiger partial charge on any atom is -0.383 e. The summed E-state index contributed by atoms with van der Waals surface area (Å²) in [5.41, 5.74) is -1.39. The first kappa shape index (κ1) is 20.2. The molecular weight excluding hydrogens is 378 g/mol. The maximum Gasteiger partial charge on any atom is 0.262 e. The Morgan fingerprint density at radius 1 is 1.19 bits per heavy atom. The zero-order chi connectivity index (χ0) is 19.7. The summed E-state index contributed by atoms with van der Waals surface area (Å²) in [5, 5.41) is 0. The standard InChI is InChI=1S/C18H24F2N2O4S/c1-26-11-10-21-9-5-8-17(16(21)23)12-18(19,20)14-22(13-17)27(24,25)15-6-3-2-4-7-15/h2-4,6-7H,5,8-14H2,1H3/t17-/m1/s1. The fraction of sp³-hybridized carbons (Fsp3) is 0.611. The van der Waals surface area contributed by atoms with Gasteiger partial charge in [0.05, 0.1) is 23.5 Å². The number of halogens is 2. The summed E-state index contributed by atoms with van der Waals surface area (Å²) in [5.74, 6) is -3.67. The van der Waals surface area contributed by atoms with Gasteiger partial charge in [0, 0.05) is 33.2 Å². The van der Waals surface area contributed by atoms with Crippen LogP contribution in [-0.4, -0.2) is 69.3 Å². The van der Waals surface area contributed by atoms with Gasteiger partial charge in [-0.15, -0.1) is 0 Å². The van der Waals surface area contributed by atoms with Crippen LogP contribution in [0, 0.1) is 5.41 Å². The lowest BCUT2D eigenvalue weighted by Crippen LogP contribution is -2.62. The molecule has 1 aromatic carbocycles. The molecule has 2 saturated heterocycles. The number of benzene rings is 1. The monoisotopic (exact) mass is 402 g/mol. The van der Waals surface area contributed by atoms with Crippen LogP contribution in [-0.2, 0) is 19.6 Å². The Morgan fingerprint density at radius 3 is 2.56 bits per heavy atom. The van der Waals surface area contributed by atoms with Crippen molar-refractivity contribution >= 4 is 15.9 Å². The van der Waals surface area contributed by atoms with Crippen LogP contribution < -0.4 is 0 Å². The average molecular weight is 402 g/mol. The summed E-state index contributed by atoms with van der Waals surface area (Å²) < 4.78 is 60.8. The van der Waals surface area contributed by atoms with E-state index < -0.39 is 40.2 Å². The minimum atomic E-state index is -4.11. The number of ether oxygens (including phenoxy) is 1. The lowest BCUT2D eigenvalue weighted by molar-refractivity contribution is -0.164. The number of rotatable bonds is 5. The quantitative estimate of drug-likeness (QED) is 0.755. The third-order valence-electron chi connectivity index (χ3n) is 5.25. The van der Waals surface area contributed by atoms with Gasteiger partial charge in [-0.25, -0.2) is 17.2 Å². The van der Waals surface area contributed by atoms with Crippen LogP contribution in [0.2, 0.25) is 0 Å². The van der Waals surface area contributed by atoms with Crippen LogP contribution in [0.4, 0.5) is 8.78 Å². The van der Waals surface area contributed by atoms with Crippen molar-refractivity contribution in [2.45, 2.75) is 30.1 Å². The number of sulfonamides is 1. The van der Waals surface area contributed by atoms with Crippen LogP contribution in [0.1, 0.15) is 19.3 Å². The number of hydrogen-bond donors (Lipinski definition) is 0. The Balaban J connectivity index is 1.92. The fourth-order valence-corrected chi connectivity index (χ4v) is 5.62. The Bertz CT molecular complexity index is 788. The average Bonchev–Trinajstić information content (AvgIpc) is 2.62. The number of likely N-dealkylation sites (tertiary alicyclic amines) is 1. The van der Waals surface area contributed by atoms with E-state index in [2.05, 4.69) is 0 Å². The van der Waals surface area contributed by atoms with Crippen molar-refractivity contribution in [1.29, 1.82) is 0 Å². The molecule has 2 aliphatic rings. The minimum absolute atomic E-state index is 0.0441. The highest BCUT2D eigenvalue weighted by atomic mass is 32.2. The summed E-state index contributed by atoms with van der Waals surface area (Å²) in [6, 6.07) is 7.50. The van der Waals surface area contributed by atoms with E-state index in [0.29, 0.717) is 26.1 Å². The highest BCUT2D eigenvalue weighted by Gasteiger charge is 2.57. The summed E-state index contributed by atoms with van der Waals surface area (Å²) in [6.45, 7) is -0.0290. The lowest BCUT2D eigenvalue weighted by atomic mass is 9.72. The molecule has 0 aliphatic carbocycles. The fourth-order valence-electron chi connectivity index (χ4n) is 4.05. The molecule has 1 amide bonds. The molecular formula is C18H24F2N2O4S. The van der Waals surface area contributed by atoms with E-state index in [1.807, 2.05) is 0 Å². The van der Waals surface area contributed by atoms with Gasteiger partial charge in [0.1, 0.15) is 0 Å². The maximum atomic E-state index is 14.6. The predicted molar refractivity (Wildman–Crippen MR) is 94.9 cm³/mol. The van der Waals surface area contributed by atoms with E-state index in [0.717, 1.165) is 4.31 Å². The van der Waals surface area contributed by atoms with Gasteiger partial charge in [-0.2, -0.15) is 4.31 Å². The van der Waals surface area contributed by atoms with Crippen molar-refractivity contribution in [2.75, 3.05) is 39.9 Å². The van der Waals surface area contributed by atoms with E-state index in [9.17, 15) is 22.0 Å². The number of nitrogens with zero attached hydrogens (tertiary/aromatic N) is 2. The van der Waals surface area contributed by atoms with Crippen LogP contribution in [0.15, 0.2) is 35.2 Å². The summed E-state index contributed by atoms with van der Waals surface area (Å²) >= 11 is 0. The van der Waals surface area contributed by atoms with Crippen LogP contribution >= 0.6 is 0 Å². The SMILES string of the molecule is COCCN1CCC[C@@]2(CN(S(=O)(=O)c3ccccc3)CC(F)(F)C2)C1=O. The molecule has 6 nitrogen and oxygen atoms in total. The Hall–Kier alpha value is -1.58. The van der Waals surface area contributed by atoms with E-state index >= 15 is 0 Å². The van der Waals surface area contributed by atoms with Gasteiger partial charge < -0.3 is 9.64 Å². The third-order valence-corrected chi connectivity index (χ3v) is 7.06. The van der Waals surface area contributed by atoms with Crippen molar-refractivity contribution < 1.29 is 26.7 Å². The van der Waals surface area contributed by atoms with Gasteiger partial charge in [0.2, 0.25) is 15.9 Å². The van der Waals surface area contributed by atoms with Gasteiger partial charge >= 0.3 is 0 Å². The Kier molecular flexibility index (Phi) is 5.56. The summed E-state index contributed by atoms with van der Waals surface area (Å²) in [4.78, 5) is 14.5. The van der Waals surface area contributed by atoms with Crippen molar-refractivity contribution in [3.8, 4) is 0 Å². The molecule has 1 aromatic rings. The van der Waals surface area contributed by atoms with Crippen LogP contribution in [0.5, 0.6) is 0 Å². The highest BCUT2D eigenvalue weighted by molar-refractivity contribution is 7.89. The topological polar surface area (TPSA) is 66.9 Å². The first-order valence-electron chi connectivity index (χ1n) is 8.92. The number of carbonyl (C=O) groups is 1. The molecule has 1 atom stereocenters. The van der Waals surface area contributed by atoms with Gasteiger partial charge in [-0.1, -0.05) is 18.2 Å². The molecule has 150 valence electrons. The van der Waals surface area contributed by atoms with Gasteiger partial charge in [-0.05, 0) is 25.0 Å². The molecule has 0 N–H and O–H groups in total. The zero-order valence-electron chi connectivity index (χ0n) is 15.2. The molecule has 9 heteroatoms. The second kappa shape index (κ2) is 7.44. The molecule has 2 heterocycles. The van der Waals surface area contributed by atoms with Gasteiger partial charge in [-0.3, -0.25) is 4.79 Å². The van der Waals surface area contributed by atoms with E-state index in [1.54, 1.807) is 18.2 Å². The molecule has 0 aromatic heterocycles. The lowest BCUT2D eigenvalue weighted by Gasteiger charge is -2.48. The molecule has 2 fully saturated rings. The Morgan fingerprint density at radius 2 is 1.89 bits per heavy atom. The third kappa shape index (κ3) is 4.00. The first-order valence-corrected chi connectivity index (χ1v) is 10.4. The normalized spacial score (nSPS) is 26.5. The Labute approximate surface area is 158 Å². The summed E-state index contributed by atoms with van der Waals surface area (Å²) in [6.07, 6.45) is 0.194. The van der Waals surface area contributed by atoms with E-state index in [-0.39, 0.29) is 17.9 Å². The molecule has 27 heavy (non-hydrogen) atoms. The van der Waals surface area contributed by atoms with Gasteiger partial charge in [0.25, 0.3) is 5.92 Å². The number of methoxy groups -OCH3 is 1. The van der Waals surface area contributed by atoms with Crippen molar-refractivity contribution in [3.05, 3.63) is 30.3 Å². The number of amides is 1. The van der Waals surface area contributed by atoms with E-state index in [1.165, 1.54) is 24.1 Å². The number of piperidine rings is 2. The second-order valence-electron chi connectivity index (χ2n) is 7.29. The number of hydrogen-bond acceptors (Lipinski definition) is 4. The largest absolute Gasteiger partial charge is 0.383 e. The molecule has 3 rings (SSSR count). The first-order chi connectivity index (χ1) is 12.7. The highest BCUT2D eigenvalue weighted by Crippen LogP contribution is 2.46. The summed E-state index contributed by atoms with van der Waals surface area (Å²) in [7, 11) is -2.60.